The van der Waals surface area contributed by atoms with E-state index in [9.17, 15) is 0 Å². The highest BCUT2D eigenvalue weighted by atomic mass is 32.2. The van der Waals surface area contributed by atoms with E-state index < -0.39 is 0 Å². The molecule has 0 amide bonds. The first-order valence-electron chi connectivity index (χ1n) is 3.13. The van der Waals surface area contributed by atoms with Gasteiger partial charge >= 0.3 is 0 Å². The molecule has 0 saturated heterocycles. The zero-order valence-electron chi connectivity index (χ0n) is 6.45. The first-order valence-corrected chi connectivity index (χ1v) is 6.40. The minimum Gasteiger partial charge on any atom is -0.281 e. The molecule has 0 atom stereocenters. The maximum absolute atomic E-state index is 4.74. The molecule has 0 saturated carbocycles. The van der Waals surface area contributed by atoms with Crippen LogP contribution in [0.4, 0.5) is 0 Å². The number of aromatic amines is 4. The van der Waals surface area contributed by atoms with Gasteiger partial charge in [0.1, 0.15) is 8.46 Å². The normalized spacial score (nSPS) is 9.14. The summed E-state index contributed by atoms with van der Waals surface area (Å²) in [5.74, 6) is 0. The summed E-state index contributed by atoms with van der Waals surface area (Å²) >= 11 is 21.5. The second-order valence-electron chi connectivity index (χ2n) is 1.87. The molecular formula is C4H4N4S6. The van der Waals surface area contributed by atoms with Crippen molar-refractivity contribution in [2.24, 2.45) is 0 Å². The van der Waals surface area contributed by atoms with E-state index in [1.165, 1.54) is 22.9 Å². The summed E-state index contributed by atoms with van der Waals surface area (Å²) in [6, 6.07) is 0. The highest BCUT2D eigenvalue weighted by Crippen LogP contribution is 1.95. The minimum atomic E-state index is 0.625. The molecule has 2 rings (SSSR count). The van der Waals surface area contributed by atoms with E-state index in [1.807, 2.05) is 0 Å². The Bertz CT molecular complexity index is 539. The first kappa shape index (κ1) is 12.1. The fourth-order valence-corrected chi connectivity index (χ4v) is 2.39. The lowest BCUT2D eigenvalue weighted by Crippen LogP contribution is -1.60. The molecule has 2 aromatic heterocycles. The van der Waals surface area contributed by atoms with E-state index in [0.29, 0.717) is 12.5 Å². The second kappa shape index (κ2) is 5.78. The number of rotatable bonds is 0. The van der Waals surface area contributed by atoms with Gasteiger partial charge in [0.2, 0.25) is 0 Å². The van der Waals surface area contributed by atoms with Crippen molar-refractivity contribution < 1.29 is 0 Å². The smallest absolute Gasteiger partial charge is 0.175 e. The van der Waals surface area contributed by atoms with Crippen molar-refractivity contribution in [1.29, 1.82) is 0 Å². The Hall–Kier alpha value is -0.0000000000000000555. The quantitative estimate of drug-likeness (QED) is 0.560. The van der Waals surface area contributed by atoms with Gasteiger partial charge in [0.25, 0.3) is 0 Å². The van der Waals surface area contributed by atoms with Crippen molar-refractivity contribution in [3.8, 4) is 0 Å². The fourth-order valence-electron chi connectivity index (χ4n) is 0.453. The van der Waals surface area contributed by atoms with Crippen LogP contribution in [0.5, 0.6) is 0 Å². The molecule has 0 aromatic carbocycles. The minimum absolute atomic E-state index is 0.625. The number of nitrogens with one attached hydrogen (secondary N) is 4. The van der Waals surface area contributed by atoms with E-state index in [-0.39, 0.29) is 0 Å². The Morgan fingerprint density at radius 1 is 0.857 bits per heavy atom. The molecule has 0 fully saturated rings. The molecule has 76 valence electrons. The van der Waals surface area contributed by atoms with Crippen molar-refractivity contribution in [1.82, 2.24) is 19.8 Å². The van der Waals surface area contributed by atoms with Gasteiger partial charge < -0.3 is 0 Å². The van der Waals surface area contributed by atoms with E-state index in [2.05, 4.69) is 19.8 Å². The summed E-state index contributed by atoms with van der Waals surface area (Å²) in [4.78, 5) is 0. The Kier molecular flexibility index (Phi) is 4.98. The van der Waals surface area contributed by atoms with Crippen LogP contribution in [-0.2, 0) is 0 Å². The van der Waals surface area contributed by atoms with Gasteiger partial charge in [-0.15, -0.1) is 0 Å². The lowest BCUT2D eigenvalue weighted by atomic mass is 11.0. The molecule has 2 aromatic rings. The van der Waals surface area contributed by atoms with Gasteiger partial charge in [-0.2, -0.15) is 0 Å². The second-order valence-corrected chi connectivity index (χ2v) is 6.12. The maximum atomic E-state index is 4.74. The Balaban J connectivity index is 0.000000140. The Morgan fingerprint density at radius 3 is 1.57 bits per heavy atom. The van der Waals surface area contributed by atoms with Crippen molar-refractivity contribution in [3.63, 3.8) is 0 Å². The molecule has 0 aliphatic rings. The van der Waals surface area contributed by atoms with Crippen LogP contribution < -0.4 is 0 Å². The summed E-state index contributed by atoms with van der Waals surface area (Å²) in [7, 11) is 0. The van der Waals surface area contributed by atoms with Crippen LogP contribution >= 0.6 is 71.7 Å². The molecule has 10 heteroatoms. The maximum Gasteiger partial charge on any atom is 0.175 e. The standard InChI is InChI=1S/2C2H2N2S3/c5-1-3-4-2(6)7-1;5-1-2(6)7-4-3-1/h(H,3,5)(H,4,6);4H,(H,3,5). The number of H-pyrrole nitrogens is 4. The van der Waals surface area contributed by atoms with Gasteiger partial charge in [-0.25, -0.2) is 0 Å². The molecule has 0 aliphatic carbocycles. The topological polar surface area (TPSA) is 63.2 Å². The van der Waals surface area contributed by atoms with E-state index in [0.717, 1.165) is 3.82 Å². The summed E-state index contributed by atoms with van der Waals surface area (Å²) in [5.41, 5.74) is 0. The molecule has 4 nitrogen and oxygen atoms in total. The van der Waals surface area contributed by atoms with Crippen LogP contribution in [0.15, 0.2) is 0 Å². The Labute approximate surface area is 107 Å². The summed E-state index contributed by atoms with van der Waals surface area (Å²) in [6.45, 7) is 0. The predicted octanol–water partition coefficient (Wildman–Crippen LogP) is 3.73. The average Bonchev–Trinajstić information content (AvgIpc) is 2.65. The van der Waals surface area contributed by atoms with Gasteiger partial charge in [-0.05, 0) is 36.0 Å². The number of aromatic nitrogens is 4. The van der Waals surface area contributed by atoms with Crippen LogP contribution in [0.25, 0.3) is 0 Å². The van der Waals surface area contributed by atoms with E-state index in [4.69, 9.17) is 48.9 Å². The zero-order chi connectivity index (χ0) is 10.6. The summed E-state index contributed by atoms with van der Waals surface area (Å²) < 4.78 is 5.45. The highest BCUT2D eigenvalue weighted by molar-refractivity contribution is 7.76. The highest BCUT2D eigenvalue weighted by Gasteiger charge is 1.77. The largest absolute Gasteiger partial charge is 0.281 e. The van der Waals surface area contributed by atoms with Crippen molar-refractivity contribution in [2.45, 2.75) is 0 Å². The van der Waals surface area contributed by atoms with Crippen molar-refractivity contribution >= 4 is 71.7 Å². The third-order valence-corrected chi connectivity index (χ3v) is 3.84. The predicted molar refractivity (Wildman–Crippen MR) is 69.4 cm³/mol. The van der Waals surface area contributed by atoms with Crippen molar-refractivity contribution in [3.05, 3.63) is 16.4 Å². The van der Waals surface area contributed by atoms with Gasteiger partial charge in [0.05, 0.1) is 0 Å². The monoisotopic (exact) mass is 300 g/mol. The van der Waals surface area contributed by atoms with Crippen LogP contribution in [-0.4, -0.2) is 19.8 Å². The van der Waals surface area contributed by atoms with Crippen molar-refractivity contribution in [2.75, 3.05) is 0 Å². The molecule has 2 heterocycles. The van der Waals surface area contributed by atoms with Crippen LogP contribution in [0, 0.1) is 16.4 Å². The Morgan fingerprint density at radius 2 is 1.43 bits per heavy atom. The summed E-state index contributed by atoms with van der Waals surface area (Å²) in [5, 5.41) is 8.02. The number of hydrogen-bond acceptors (Lipinski definition) is 6. The molecule has 0 aliphatic heterocycles. The fraction of sp³-hybridized carbons (Fsp3) is 0. The van der Waals surface area contributed by atoms with E-state index >= 15 is 0 Å². The van der Waals surface area contributed by atoms with Crippen LogP contribution in [0.1, 0.15) is 0 Å². The SMILES string of the molecule is S=c1[nH][nH]c(=S)s1.S=c1[nH][nH]sc1=S. The van der Waals surface area contributed by atoms with Gasteiger partial charge in [-0.3, -0.25) is 19.8 Å². The summed E-state index contributed by atoms with van der Waals surface area (Å²) in [6.07, 6.45) is 0. The molecule has 0 unspecified atom stereocenters. The van der Waals surface area contributed by atoms with Crippen LogP contribution in [0.2, 0.25) is 0 Å². The first-order chi connectivity index (χ1) is 6.59. The molecule has 14 heavy (non-hydrogen) atoms. The lowest BCUT2D eigenvalue weighted by molar-refractivity contribution is 1.07. The molecular weight excluding hydrogens is 296 g/mol. The van der Waals surface area contributed by atoms with E-state index in [1.54, 1.807) is 0 Å². The zero-order valence-corrected chi connectivity index (χ0v) is 11.3. The average molecular weight is 301 g/mol. The molecule has 4 N–H and O–H groups in total. The molecule has 0 bridgehead atoms. The third kappa shape index (κ3) is 4.02. The van der Waals surface area contributed by atoms with Gasteiger partial charge in [0, 0.05) is 0 Å². The van der Waals surface area contributed by atoms with Gasteiger partial charge in [0.15, 0.2) is 7.91 Å². The molecule has 0 spiro atoms. The van der Waals surface area contributed by atoms with Crippen LogP contribution in [0.3, 0.4) is 0 Å². The van der Waals surface area contributed by atoms with Gasteiger partial charge in [-0.1, -0.05) is 35.8 Å². The third-order valence-electron chi connectivity index (χ3n) is 0.946. The molecule has 0 radical (unpaired) electrons. The number of hydrogen-bond donors (Lipinski definition) is 4. The lowest BCUT2D eigenvalue weighted by Gasteiger charge is -1.57.